The first-order valence-corrected chi connectivity index (χ1v) is 5.80. The average molecular weight is 266 g/mol. The van der Waals surface area contributed by atoms with Gasteiger partial charge < -0.3 is 5.11 Å². The van der Waals surface area contributed by atoms with Crippen molar-refractivity contribution in [3.63, 3.8) is 0 Å². The van der Waals surface area contributed by atoms with Crippen molar-refractivity contribution in [3.8, 4) is 5.06 Å². The van der Waals surface area contributed by atoms with Gasteiger partial charge in [0.05, 0.1) is 11.9 Å². The molecule has 2 heterocycles. The number of aromatic hydroxyl groups is 1. The largest absolute Gasteiger partial charge is 0.499 e. The van der Waals surface area contributed by atoms with E-state index >= 15 is 0 Å². The molecule has 0 bridgehead atoms. The molecule has 0 radical (unpaired) electrons. The van der Waals surface area contributed by atoms with Crippen LogP contribution in [-0.4, -0.2) is 25.6 Å². The topological polar surface area (TPSA) is 100 Å². The normalized spacial score (nSPS) is 11.8. The maximum Gasteiger partial charge on any atom is 0.310 e. The van der Waals surface area contributed by atoms with Gasteiger partial charge in [-0.05, 0) is 18.3 Å². The summed E-state index contributed by atoms with van der Waals surface area (Å²) in [7, 11) is 1.71. The summed E-state index contributed by atoms with van der Waals surface area (Å²) in [5.74, 6) is 0.544. The first-order chi connectivity index (χ1) is 8.49. The van der Waals surface area contributed by atoms with Gasteiger partial charge in [-0.25, -0.2) is 4.99 Å². The molecule has 2 aromatic heterocycles. The summed E-state index contributed by atoms with van der Waals surface area (Å²) in [6.07, 6.45) is 1.57. The highest BCUT2D eigenvalue weighted by molar-refractivity contribution is 7.11. The fourth-order valence-electron chi connectivity index (χ4n) is 1.44. The van der Waals surface area contributed by atoms with Crippen LogP contribution in [0.2, 0.25) is 0 Å². The van der Waals surface area contributed by atoms with E-state index in [9.17, 15) is 14.7 Å². The summed E-state index contributed by atoms with van der Waals surface area (Å²) in [4.78, 5) is 28.3. The molecule has 2 N–H and O–H groups in total. The van der Waals surface area contributed by atoms with E-state index in [0.29, 0.717) is 22.9 Å². The number of aliphatic imine (C=N–C) groups is 1. The van der Waals surface area contributed by atoms with E-state index in [4.69, 9.17) is 0 Å². The fourth-order valence-corrected chi connectivity index (χ4v) is 2.10. The van der Waals surface area contributed by atoms with Gasteiger partial charge in [0.15, 0.2) is 5.06 Å². The van der Waals surface area contributed by atoms with Crippen molar-refractivity contribution in [2.75, 3.05) is 0 Å². The lowest BCUT2D eigenvalue weighted by molar-refractivity contribution is 0.487. The molecule has 7 nitrogen and oxygen atoms in total. The second-order valence-corrected chi connectivity index (χ2v) is 4.50. The molecule has 0 unspecified atom stereocenters. The molecule has 0 spiro atoms. The molecule has 0 atom stereocenters. The highest BCUT2D eigenvalue weighted by atomic mass is 32.1. The van der Waals surface area contributed by atoms with Crippen LogP contribution in [0.1, 0.15) is 12.5 Å². The van der Waals surface area contributed by atoms with Crippen LogP contribution in [0.15, 0.2) is 26.8 Å². The van der Waals surface area contributed by atoms with Crippen molar-refractivity contribution in [2.45, 2.75) is 6.92 Å². The van der Waals surface area contributed by atoms with Gasteiger partial charge in [-0.2, -0.15) is 5.10 Å². The number of aromatic nitrogens is 3. The van der Waals surface area contributed by atoms with Gasteiger partial charge in [0.25, 0.3) is 5.56 Å². The van der Waals surface area contributed by atoms with Crippen LogP contribution in [0.3, 0.4) is 0 Å². The number of rotatable bonds is 2. The maximum atomic E-state index is 11.6. The third-order valence-electron chi connectivity index (χ3n) is 2.28. The molecule has 94 valence electrons. The quantitative estimate of drug-likeness (QED) is 0.767. The van der Waals surface area contributed by atoms with Crippen molar-refractivity contribution in [1.82, 2.24) is 14.8 Å². The molecule has 2 aromatic rings. The molecule has 0 saturated carbocycles. The number of H-pyrrole nitrogens is 1. The number of hydrogen-bond donors (Lipinski definition) is 2. The van der Waals surface area contributed by atoms with E-state index in [1.807, 2.05) is 0 Å². The van der Waals surface area contributed by atoms with Crippen molar-refractivity contribution < 1.29 is 5.11 Å². The van der Waals surface area contributed by atoms with E-state index < -0.39 is 10.4 Å². The Labute approximate surface area is 105 Å². The van der Waals surface area contributed by atoms with Crippen LogP contribution in [0.25, 0.3) is 0 Å². The van der Waals surface area contributed by atoms with Crippen LogP contribution in [0.5, 0.6) is 5.06 Å². The Kier molecular flexibility index (Phi) is 3.11. The van der Waals surface area contributed by atoms with Gasteiger partial charge in [0.2, 0.25) is 0 Å². The molecule has 0 aliphatic carbocycles. The summed E-state index contributed by atoms with van der Waals surface area (Å²) in [5, 5.41) is 13.2. The zero-order chi connectivity index (χ0) is 13.3. The van der Waals surface area contributed by atoms with Crippen LogP contribution < -0.4 is 10.4 Å². The molecule has 0 aliphatic heterocycles. The van der Waals surface area contributed by atoms with E-state index in [1.54, 1.807) is 26.2 Å². The third kappa shape index (κ3) is 2.23. The lowest BCUT2D eigenvalue weighted by atomic mass is 10.2. The van der Waals surface area contributed by atoms with Gasteiger partial charge in [-0.3, -0.25) is 19.3 Å². The Morgan fingerprint density at radius 1 is 1.56 bits per heavy atom. The van der Waals surface area contributed by atoms with E-state index in [0.717, 1.165) is 0 Å². The second kappa shape index (κ2) is 4.57. The molecule has 18 heavy (non-hydrogen) atoms. The first-order valence-electron chi connectivity index (χ1n) is 4.99. The predicted octanol–water partition coefficient (Wildman–Crippen LogP) is 0.376. The van der Waals surface area contributed by atoms with Gasteiger partial charge in [0, 0.05) is 13.1 Å². The standard InChI is InChI=1S/C10H10N4O3S/c1-5(12-6-3-4-11-14(6)2)7-8(15)13-10(17)18-9(7)16/h3-4,16H,1-2H3,(H,13,15,17)/b12-5+. The van der Waals surface area contributed by atoms with E-state index in [-0.39, 0.29) is 10.6 Å². The Hall–Kier alpha value is -2.22. The SMILES string of the molecule is C/C(=N\c1ccnn1C)c1c(O)sc(=O)[nH]c1=O. The van der Waals surface area contributed by atoms with Crippen LogP contribution in [0.4, 0.5) is 5.82 Å². The van der Waals surface area contributed by atoms with Gasteiger partial charge in [-0.1, -0.05) is 0 Å². The van der Waals surface area contributed by atoms with Crippen molar-refractivity contribution in [3.05, 3.63) is 37.8 Å². The lowest BCUT2D eigenvalue weighted by Crippen LogP contribution is -2.22. The number of nitrogens with zero attached hydrogens (tertiary/aromatic N) is 3. The van der Waals surface area contributed by atoms with E-state index in [1.165, 1.54) is 4.68 Å². The molecule has 0 aromatic carbocycles. The maximum absolute atomic E-state index is 11.6. The smallest absolute Gasteiger partial charge is 0.310 e. The minimum atomic E-state index is -0.653. The number of aryl methyl sites for hydroxylation is 1. The summed E-state index contributed by atoms with van der Waals surface area (Å²) in [5.41, 5.74) is -0.339. The number of aromatic amines is 1. The highest BCUT2D eigenvalue weighted by Gasteiger charge is 2.12. The van der Waals surface area contributed by atoms with Gasteiger partial charge in [-0.15, -0.1) is 0 Å². The Bertz CT molecular complexity index is 725. The highest BCUT2D eigenvalue weighted by Crippen LogP contribution is 2.18. The first kappa shape index (κ1) is 12.2. The Morgan fingerprint density at radius 3 is 2.83 bits per heavy atom. The van der Waals surface area contributed by atoms with Gasteiger partial charge in [0.1, 0.15) is 11.4 Å². The average Bonchev–Trinajstić information content (AvgIpc) is 2.62. The van der Waals surface area contributed by atoms with E-state index in [2.05, 4.69) is 15.1 Å². The van der Waals surface area contributed by atoms with Crippen molar-refractivity contribution in [2.24, 2.45) is 12.0 Å². The van der Waals surface area contributed by atoms with Crippen molar-refractivity contribution in [1.29, 1.82) is 0 Å². The molecule has 0 fully saturated rings. The van der Waals surface area contributed by atoms with Gasteiger partial charge >= 0.3 is 4.87 Å². The fraction of sp³-hybridized carbons (Fsp3) is 0.200. The summed E-state index contributed by atoms with van der Waals surface area (Å²) < 4.78 is 1.53. The second-order valence-electron chi connectivity index (χ2n) is 3.53. The zero-order valence-electron chi connectivity index (χ0n) is 9.67. The molecule has 0 aliphatic rings. The van der Waals surface area contributed by atoms with Crippen molar-refractivity contribution >= 4 is 22.9 Å². The lowest BCUT2D eigenvalue weighted by Gasteiger charge is -2.01. The Balaban J connectivity index is 2.57. The minimum absolute atomic E-state index is 0.000741. The number of nitrogens with one attached hydrogen (secondary N) is 1. The molecule has 0 saturated heterocycles. The zero-order valence-corrected chi connectivity index (χ0v) is 10.5. The molecule has 8 heteroatoms. The number of hydrogen-bond acceptors (Lipinski definition) is 6. The van der Waals surface area contributed by atoms with Crippen LogP contribution in [0, 0.1) is 0 Å². The predicted molar refractivity (Wildman–Crippen MR) is 68.0 cm³/mol. The monoisotopic (exact) mass is 266 g/mol. The Morgan fingerprint density at radius 2 is 2.28 bits per heavy atom. The molecular formula is C10H10N4O3S. The third-order valence-corrected chi connectivity index (χ3v) is 2.97. The summed E-state index contributed by atoms with van der Waals surface area (Å²) >= 11 is 0.559. The summed E-state index contributed by atoms with van der Waals surface area (Å²) in [6.45, 7) is 1.58. The summed E-state index contributed by atoms with van der Waals surface area (Å²) in [6, 6.07) is 1.67. The molecule has 0 amide bonds. The van der Waals surface area contributed by atoms with Crippen LogP contribution in [-0.2, 0) is 7.05 Å². The molecule has 2 rings (SSSR count). The minimum Gasteiger partial charge on any atom is -0.499 e. The van der Waals surface area contributed by atoms with Crippen LogP contribution >= 0.6 is 11.3 Å². The molecular weight excluding hydrogens is 256 g/mol.